The lowest BCUT2D eigenvalue weighted by Crippen LogP contribution is -2.30. The highest BCUT2D eigenvalue weighted by atomic mass is 16.3. The van der Waals surface area contributed by atoms with Crippen LogP contribution in [0.4, 0.5) is 0 Å². The molecule has 1 unspecified atom stereocenters. The molecular formula is C18H19N3O4. The molecule has 1 saturated heterocycles. The van der Waals surface area contributed by atoms with Gasteiger partial charge < -0.3 is 14.4 Å². The first-order chi connectivity index (χ1) is 12.0. The van der Waals surface area contributed by atoms with Gasteiger partial charge in [0, 0.05) is 18.5 Å². The van der Waals surface area contributed by atoms with E-state index in [0.29, 0.717) is 30.1 Å². The van der Waals surface area contributed by atoms with Crippen LogP contribution >= 0.6 is 0 Å². The first kappa shape index (κ1) is 16.8. The molecule has 0 bridgehead atoms. The molecule has 2 aromatic rings. The van der Waals surface area contributed by atoms with Crippen molar-refractivity contribution in [1.29, 1.82) is 0 Å². The fraction of sp³-hybridized carbons (Fsp3) is 0.278. The summed E-state index contributed by atoms with van der Waals surface area (Å²) in [5, 5.41) is 13.5. The molecule has 1 aromatic carbocycles. The molecule has 1 aliphatic heterocycles. The number of benzene rings is 1. The zero-order chi connectivity index (χ0) is 17.8. The van der Waals surface area contributed by atoms with Gasteiger partial charge in [-0.25, -0.2) is 5.43 Å². The molecule has 2 amide bonds. The molecule has 25 heavy (non-hydrogen) atoms. The Balaban J connectivity index is 1.58. The third-order valence-electron chi connectivity index (χ3n) is 4.11. The summed E-state index contributed by atoms with van der Waals surface area (Å²) in [4.78, 5) is 25.9. The van der Waals surface area contributed by atoms with E-state index in [1.807, 2.05) is 0 Å². The van der Waals surface area contributed by atoms with Crippen LogP contribution in [0.25, 0.3) is 0 Å². The van der Waals surface area contributed by atoms with E-state index in [4.69, 9.17) is 4.42 Å². The molecule has 0 spiro atoms. The van der Waals surface area contributed by atoms with E-state index < -0.39 is 5.92 Å². The highest BCUT2D eigenvalue weighted by Gasteiger charge is 2.34. The highest BCUT2D eigenvalue weighted by Crippen LogP contribution is 2.20. The lowest BCUT2D eigenvalue weighted by Gasteiger charge is -2.14. The van der Waals surface area contributed by atoms with Crippen molar-refractivity contribution < 1.29 is 19.1 Å². The van der Waals surface area contributed by atoms with E-state index in [-0.39, 0.29) is 24.0 Å². The predicted octanol–water partition coefficient (Wildman–Crippen LogP) is 1.87. The topological polar surface area (TPSA) is 95.1 Å². The number of rotatable bonds is 5. The van der Waals surface area contributed by atoms with Crippen LogP contribution in [0, 0.1) is 5.92 Å². The van der Waals surface area contributed by atoms with Gasteiger partial charge in [0.2, 0.25) is 11.8 Å². The van der Waals surface area contributed by atoms with Gasteiger partial charge in [0.1, 0.15) is 11.5 Å². The smallest absolute Gasteiger partial charge is 0.245 e. The first-order valence-corrected chi connectivity index (χ1v) is 7.96. The van der Waals surface area contributed by atoms with E-state index >= 15 is 0 Å². The van der Waals surface area contributed by atoms with Crippen molar-refractivity contribution in [2.45, 2.75) is 19.9 Å². The molecule has 3 rings (SSSR count). The monoisotopic (exact) mass is 341 g/mol. The Morgan fingerprint density at radius 3 is 2.96 bits per heavy atom. The summed E-state index contributed by atoms with van der Waals surface area (Å²) in [7, 11) is 0. The lowest BCUT2D eigenvalue weighted by atomic mass is 10.1. The van der Waals surface area contributed by atoms with Crippen molar-refractivity contribution in [3.8, 4) is 5.75 Å². The number of amides is 2. The van der Waals surface area contributed by atoms with Crippen LogP contribution < -0.4 is 5.43 Å². The fourth-order valence-corrected chi connectivity index (χ4v) is 2.72. The summed E-state index contributed by atoms with van der Waals surface area (Å²) >= 11 is 0. The van der Waals surface area contributed by atoms with Crippen molar-refractivity contribution in [2.24, 2.45) is 11.0 Å². The van der Waals surface area contributed by atoms with Gasteiger partial charge in [0.05, 0.1) is 24.4 Å². The first-order valence-electron chi connectivity index (χ1n) is 7.96. The SMILES string of the molecule is C/C(=N/NC(=O)C1CC(=O)N(Cc2ccco2)C1)c1cccc(O)c1. The maximum Gasteiger partial charge on any atom is 0.245 e. The number of nitrogens with one attached hydrogen (secondary N) is 1. The predicted molar refractivity (Wildman–Crippen MR) is 90.7 cm³/mol. The van der Waals surface area contributed by atoms with Crippen molar-refractivity contribution in [3.63, 3.8) is 0 Å². The molecule has 7 nitrogen and oxygen atoms in total. The van der Waals surface area contributed by atoms with E-state index in [1.54, 1.807) is 54.5 Å². The molecule has 2 N–H and O–H groups in total. The Kier molecular flexibility index (Phi) is 4.83. The number of phenols is 1. The second-order valence-corrected chi connectivity index (χ2v) is 5.98. The summed E-state index contributed by atoms with van der Waals surface area (Å²) in [6, 6.07) is 10.2. The van der Waals surface area contributed by atoms with Crippen LogP contribution in [0.5, 0.6) is 5.75 Å². The molecule has 0 radical (unpaired) electrons. The minimum Gasteiger partial charge on any atom is -0.508 e. The lowest BCUT2D eigenvalue weighted by molar-refractivity contribution is -0.129. The molecule has 130 valence electrons. The average molecular weight is 341 g/mol. The van der Waals surface area contributed by atoms with E-state index in [9.17, 15) is 14.7 Å². The summed E-state index contributed by atoms with van der Waals surface area (Å²) in [5.74, 6) is 0.00344. The standard InChI is InChI=1S/C18H19N3O4/c1-12(13-4-2-5-15(22)8-13)19-20-18(24)14-9-17(23)21(10-14)11-16-6-3-7-25-16/h2-8,14,22H,9-11H2,1H3,(H,20,24)/b19-12-. The van der Waals surface area contributed by atoms with Crippen LogP contribution in [0.15, 0.2) is 52.2 Å². The number of hydrogen-bond acceptors (Lipinski definition) is 5. The average Bonchev–Trinajstić information content (AvgIpc) is 3.23. The number of carbonyl (C=O) groups excluding carboxylic acids is 2. The quantitative estimate of drug-likeness (QED) is 0.641. The van der Waals surface area contributed by atoms with Crippen LogP contribution in [0.2, 0.25) is 0 Å². The van der Waals surface area contributed by atoms with Gasteiger partial charge in [-0.1, -0.05) is 12.1 Å². The van der Waals surface area contributed by atoms with Crippen molar-refractivity contribution in [1.82, 2.24) is 10.3 Å². The third kappa shape index (κ3) is 4.06. The van der Waals surface area contributed by atoms with Crippen LogP contribution in [-0.4, -0.2) is 34.1 Å². The van der Waals surface area contributed by atoms with Gasteiger partial charge in [-0.15, -0.1) is 0 Å². The number of carbonyl (C=O) groups is 2. The summed E-state index contributed by atoms with van der Waals surface area (Å²) < 4.78 is 5.24. The van der Waals surface area contributed by atoms with Crippen LogP contribution in [0.1, 0.15) is 24.7 Å². The Hall–Kier alpha value is -3.09. The zero-order valence-electron chi connectivity index (χ0n) is 13.8. The maximum absolute atomic E-state index is 12.3. The number of nitrogens with zero attached hydrogens (tertiary/aromatic N) is 2. The van der Waals surface area contributed by atoms with Crippen molar-refractivity contribution in [2.75, 3.05) is 6.54 Å². The molecule has 1 fully saturated rings. The normalized spacial score (nSPS) is 17.8. The largest absolute Gasteiger partial charge is 0.508 e. The van der Waals surface area contributed by atoms with Crippen molar-refractivity contribution >= 4 is 17.5 Å². The molecule has 1 aliphatic rings. The Morgan fingerprint density at radius 1 is 1.40 bits per heavy atom. The second kappa shape index (κ2) is 7.21. The van der Waals surface area contributed by atoms with Gasteiger partial charge in [-0.3, -0.25) is 9.59 Å². The number of hydrazone groups is 1. The van der Waals surface area contributed by atoms with Gasteiger partial charge in [-0.2, -0.15) is 5.10 Å². The van der Waals surface area contributed by atoms with E-state index in [2.05, 4.69) is 10.5 Å². The van der Waals surface area contributed by atoms with Crippen molar-refractivity contribution in [3.05, 3.63) is 54.0 Å². The molecule has 1 aromatic heterocycles. The third-order valence-corrected chi connectivity index (χ3v) is 4.11. The van der Waals surface area contributed by atoms with Gasteiger partial charge in [-0.05, 0) is 31.2 Å². The molecule has 2 heterocycles. The van der Waals surface area contributed by atoms with E-state index in [0.717, 1.165) is 0 Å². The van der Waals surface area contributed by atoms with Gasteiger partial charge in [0.25, 0.3) is 0 Å². The molecule has 0 aliphatic carbocycles. The summed E-state index contributed by atoms with van der Waals surface area (Å²) in [6.07, 6.45) is 1.71. The fourth-order valence-electron chi connectivity index (χ4n) is 2.72. The minimum absolute atomic E-state index is 0.0785. The maximum atomic E-state index is 12.3. The Labute approximate surface area is 144 Å². The molecule has 0 saturated carbocycles. The molecule has 1 atom stereocenters. The Bertz CT molecular complexity index is 798. The van der Waals surface area contributed by atoms with Gasteiger partial charge in [0.15, 0.2) is 0 Å². The minimum atomic E-state index is -0.441. The number of aromatic hydroxyl groups is 1. The number of furan rings is 1. The van der Waals surface area contributed by atoms with Gasteiger partial charge >= 0.3 is 0 Å². The summed E-state index contributed by atoms with van der Waals surface area (Å²) in [6.45, 7) is 2.44. The Morgan fingerprint density at radius 2 is 2.24 bits per heavy atom. The number of likely N-dealkylation sites (tertiary alicyclic amines) is 1. The molecular weight excluding hydrogens is 322 g/mol. The summed E-state index contributed by atoms with van der Waals surface area (Å²) in [5.41, 5.74) is 3.79. The van der Waals surface area contributed by atoms with E-state index in [1.165, 1.54) is 0 Å². The zero-order valence-corrected chi connectivity index (χ0v) is 13.8. The molecule has 7 heteroatoms. The number of hydrogen-bond donors (Lipinski definition) is 2. The number of phenolic OH excluding ortho intramolecular Hbond substituents is 1. The van der Waals surface area contributed by atoms with Crippen LogP contribution in [-0.2, 0) is 16.1 Å². The van der Waals surface area contributed by atoms with Crippen LogP contribution in [0.3, 0.4) is 0 Å². The second-order valence-electron chi connectivity index (χ2n) is 5.98. The highest BCUT2D eigenvalue weighted by molar-refractivity contribution is 5.99.